The minimum atomic E-state index is -0.581. The highest BCUT2D eigenvalue weighted by atomic mass is 79.9. The largest absolute Gasteiger partial charge is 0.489 e. The predicted molar refractivity (Wildman–Crippen MR) is 99.5 cm³/mol. The van der Waals surface area contributed by atoms with Crippen LogP contribution in [0.25, 0.3) is 0 Å². The second-order valence-corrected chi connectivity index (χ2v) is 8.35. The normalized spacial score (nSPS) is 20.0. The maximum atomic E-state index is 13.0. The average Bonchev–Trinajstić information content (AvgIpc) is 2.68. The van der Waals surface area contributed by atoms with Gasteiger partial charge in [0, 0.05) is 19.6 Å². The van der Waals surface area contributed by atoms with E-state index >= 15 is 0 Å². The first-order valence-corrected chi connectivity index (χ1v) is 9.31. The third-order valence-electron chi connectivity index (χ3n) is 4.11. The molecule has 1 aromatic heterocycles. The lowest BCUT2D eigenvalue weighted by Crippen LogP contribution is -2.58. The van der Waals surface area contributed by atoms with E-state index in [1.165, 1.54) is 0 Å². The van der Waals surface area contributed by atoms with Gasteiger partial charge in [-0.05, 0) is 36.7 Å². The predicted octanol–water partition coefficient (Wildman–Crippen LogP) is 2.53. The molecular weight excluding hydrogens is 428 g/mol. The van der Waals surface area contributed by atoms with Crippen LogP contribution in [0.1, 0.15) is 31.1 Å². The molecule has 1 saturated heterocycles. The number of hydrogen-bond acceptors (Lipinski definition) is 6. The van der Waals surface area contributed by atoms with E-state index in [1.54, 1.807) is 9.80 Å². The van der Waals surface area contributed by atoms with Crippen molar-refractivity contribution in [1.82, 2.24) is 14.8 Å². The Kier molecular flexibility index (Phi) is 4.96. The maximum absolute atomic E-state index is 13.0. The number of fused-ring (bicyclic) bond motifs is 2. The lowest BCUT2D eigenvalue weighted by molar-refractivity contribution is 0.000941. The van der Waals surface area contributed by atoms with Gasteiger partial charge in [0.25, 0.3) is 5.91 Å². The fourth-order valence-corrected chi connectivity index (χ4v) is 3.53. The first kappa shape index (κ1) is 19.0. The highest BCUT2D eigenvalue weighted by Gasteiger charge is 2.40. The third-order valence-corrected chi connectivity index (χ3v) is 5.35. The van der Waals surface area contributed by atoms with Gasteiger partial charge in [-0.15, -0.1) is 0 Å². The summed E-state index contributed by atoms with van der Waals surface area (Å²) >= 11 is 9.32. The van der Waals surface area contributed by atoms with E-state index in [0.29, 0.717) is 24.1 Å². The van der Waals surface area contributed by atoms with Gasteiger partial charge in [0.1, 0.15) is 28.7 Å². The molecule has 0 unspecified atom stereocenters. The van der Waals surface area contributed by atoms with Crippen molar-refractivity contribution in [1.29, 1.82) is 0 Å². The van der Waals surface area contributed by atoms with Gasteiger partial charge in [-0.3, -0.25) is 4.79 Å². The molecule has 8 nitrogen and oxygen atoms in total. The highest BCUT2D eigenvalue weighted by molar-refractivity contribution is 9.10. The van der Waals surface area contributed by atoms with Gasteiger partial charge in [0.15, 0.2) is 5.75 Å². The number of nitrogen functional groups attached to an aromatic ring is 1. The molecule has 142 valence electrons. The monoisotopic (exact) mass is 446 g/mol. The Hall–Kier alpha value is -1.74. The number of carbonyl (C=O) groups excluding carboxylic acids is 2. The fourth-order valence-electron chi connectivity index (χ4n) is 2.95. The van der Waals surface area contributed by atoms with Crippen LogP contribution < -0.4 is 10.5 Å². The molecule has 10 heteroatoms. The summed E-state index contributed by atoms with van der Waals surface area (Å²) in [6.45, 7) is 6.68. The molecule has 3 heterocycles. The van der Waals surface area contributed by atoms with Crippen molar-refractivity contribution in [2.45, 2.75) is 32.4 Å². The van der Waals surface area contributed by atoms with Gasteiger partial charge in [0.05, 0.1) is 10.5 Å². The molecule has 26 heavy (non-hydrogen) atoms. The highest BCUT2D eigenvalue weighted by Crippen LogP contribution is 2.39. The number of aromatic nitrogens is 1. The minimum absolute atomic E-state index is 0.0217. The molecule has 0 radical (unpaired) electrons. The molecule has 1 atom stereocenters. The Morgan fingerprint density at radius 2 is 2.12 bits per heavy atom. The number of piperazine rings is 1. The second kappa shape index (κ2) is 6.77. The average molecular weight is 448 g/mol. The SMILES string of the molecule is CC(C)(C)OC(=O)N1CCN2C(=O)c3c(N)nc(Cl)c(Br)c3OC[C@H]2C1. The molecular formula is C16H20BrClN4O4. The standard InChI is InChI=1S/C16H20BrClN4O4/c1-16(2,3)26-15(24)21-4-5-22-8(6-21)7-25-11-9(14(22)23)13(19)20-12(18)10(11)17/h8H,4-7H2,1-3H3,(H2,19,20)/t8-/m1/s1. The Morgan fingerprint density at radius 3 is 2.77 bits per heavy atom. The van der Waals surface area contributed by atoms with Crippen LogP contribution in [0, 0.1) is 0 Å². The van der Waals surface area contributed by atoms with Gasteiger partial charge in [0.2, 0.25) is 0 Å². The molecule has 2 amide bonds. The Bertz CT molecular complexity index is 768. The van der Waals surface area contributed by atoms with Crippen LogP contribution in [-0.2, 0) is 4.74 Å². The topological polar surface area (TPSA) is 98.0 Å². The van der Waals surface area contributed by atoms with Crippen LogP contribution in [0.2, 0.25) is 5.15 Å². The van der Waals surface area contributed by atoms with Crippen molar-refractivity contribution < 1.29 is 19.1 Å². The van der Waals surface area contributed by atoms with Crippen molar-refractivity contribution in [2.24, 2.45) is 0 Å². The Morgan fingerprint density at radius 1 is 1.42 bits per heavy atom. The quantitative estimate of drug-likeness (QED) is 0.614. The van der Waals surface area contributed by atoms with E-state index in [-0.39, 0.29) is 40.8 Å². The molecule has 0 spiro atoms. The van der Waals surface area contributed by atoms with Crippen LogP contribution in [0.5, 0.6) is 5.75 Å². The summed E-state index contributed by atoms with van der Waals surface area (Å²) in [4.78, 5) is 32.5. The number of anilines is 1. The summed E-state index contributed by atoms with van der Waals surface area (Å²) in [6, 6.07) is -0.318. The van der Waals surface area contributed by atoms with Gasteiger partial charge < -0.3 is 25.0 Å². The number of ether oxygens (including phenoxy) is 2. The molecule has 3 rings (SSSR count). The van der Waals surface area contributed by atoms with Crippen molar-refractivity contribution in [3.05, 3.63) is 15.2 Å². The number of rotatable bonds is 0. The van der Waals surface area contributed by atoms with E-state index in [0.717, 1.165) is 0 Å². The van der Waals surface area contributed by atoms with Gasteiger partial charge in [-0.1, -0.05) is 11.6 Å². The number of nitrogens with two attached hydrogens (primary N) is 1. The van der Waals surface area contributed by atoms with Crippen LogP contribution in [0.3, 0.4) is 0 Å². The maximum Gasteiger partial charge on any atom is 0.410 e. The van der Waals surface area contributed by atoms with Crippen molar-refractivity contribution in [3.8, 4) is 5.75 Å². The molecule has 1 fully saturated rings. The number of amides is 2. The van der Waals surface area contributed by atoms with E-state index in [9.17, 15) is 9.59 Å². The first-order chi connectivity index (χ1) is 12.1. The number of pyridine rings is 1. The summed E-state index contributed by atoms with van der Waals surface area (Å²) in [6.07, 6.45) is -0.406. The number of nitrogens with zero attached hydrogens (tertiary/aromatic N) is 3. The third kappa shape index (κ3) is 3.55. The van der Waals surface area contributed by atoms with Crippen molar-refractivity contribution in [2.75, 3.05) is 32.0 Å². The Balaban J connectivity index is 1.84. The smallest absolute Gasteiger partial charge is 0.410 e. The van der Waals surface area contributed by atoms with Crippen molar-refractivity contribution >= 4 is 45.3 Å². The van der Waals surface area contributed by atoms with Gasteiger partial charge >= 0.3 is 6.09 Å². The number of halogens is 2. The van der Waals surface area contributed by atoms with Gasteiger partial charge in [-0.25, -0.2) is 9.78 Å². The fraction of sp³-hybridized carbons (Fsp3) is 0.562. The molecule has 2 aliphatic rings. The summed E-state index contributed by atoms with van der Waals surface area (Å²) in [5, 5.41) is 0.129. The zero-order valence-corrected chi connectivity index (χ0v) is 17.1. The molecule has 0 saturated carbocycles. The Labute approximate surface area is 164 Å². The summed E-state index contributed by atoms with van der Waals surface area (Å²) in [5.41, 5.74) is 5.52. The lowest BCUT2D eigenvalue weighted by Gasteiger charge is -2.40. The van der Waals surface area contributed by atoms with E-state index in [1.807, 2.05) is 20.8 Å². The molecule has 0 bridgehead atoms. The number of carbonyl (C=O) groups is 2. The summed E-state index contributed by atoms with van der Waals surface area (Å²) in [5.74, 6) is 0.0212. The number of hydrogen-bond donors (Lipinski definition) is 1. The molecule has 1 aromatic rings. The van der Waals surface area contributed by atoms with Gasteiger partial charge in [-0.2, -0.15) is 0 Å². The lowest BCUT2D eigenvalue weighted by atomic mass is 10.1. The van der Waals surface area contributed by atoms with E-state index in [4.69, 9.17) is 26.8 Å². The second-order valence-electron chi connectivity index (χ2n) is 7.20. The minimum Gasteiger partial charge on any atom is -0.489 e. The molecule has 0 aromatic carbocycles. The molecule has 0 aliphatic carbocycles. The van der Waals surface area contributed by atoms with E-state index in [2.05, 4.69) is 20.9 Å². The van der Waals surface area contributed by atoms with E-state index < -0.39 is 11.7 Å². The van der Waals surface area contributed by atoms with Crippen LogP contribution in [0.15, 0.2) is 4.47 Å². The summed E-state index contributed by atoms with van der Waals surface area (Å²) < 4.78 is 11.6. The molecule has 2 aliphatic heterocycles. The first-order valence-electron chi connectivity index (χ1n) is 8.14. The zero-order valence-electron chi connectivity index (χ0n) is 14.7. The summed E-state index contributed by atoms with van der Waals surface area (Å²) in [7, 11) is 0. The van der Waals surface area contributed by atoms with Crippen LogP contribution in [0.4, 0.5) is 10.6 Å². The zero-order chi connectivity index (χ0) is 19.2. The van der Waals surface area contributed by atoms with Crippen LogP contribution in [-0.4, -0.2) is 64.7 Å². The van der Waals surface area contributed by atoms with Crippen LogP contribution >= 0.6 is 27.5 Å². The molecule has 2 N–H and O–H groups in total. The van der Waals surface area contributed by atoms with Crippen molar-refractivity contribution in [3.63, 3.8) is 0 Å².